The van der Waals surface area contributed by atoms with Crippen LogP contribution in [0.1, 0.15) is 12.8 Å². The van der Waals surface area contributed by atoms with Crippen molar-refractivity contribution in [3.8, 4) is 17.0 Å². The van der Waals surface area contributed by atoms with Gasteiger partial charge in [0, 0.05) is 24.3 Å². The van der Waals surface area contributed by atoms with Crippen LogP contribution < -0.4 is 15.0 Å². The lowest BCUT2D eigenvalue weighted by atomic mass is 10.1. The summed E-state index contributed by atoms with van der Waals surface area (Å²) >= 11 is 0. The first-order chi connectivity index (χ1) is 14.2. The van der Waals surface area contributed by atoms with Crippen molar-refractivity contribution in [1.82, 2.24) is 10.2 Å². The molecule has 1 aliphatic rings. The number of benzene rings is 2. The van der Waals surface area contributed by atoms with E-state index in [4.69, 9.17) is 4.74 Å². The van der Waals surface area contributed by atoms with Crippen LogP contribution in [0.25, 0.3) is 11.3 Å². The van der Waals surface area contributed by atoms with E-state index in [2.05, 4.69) is 20.4 Å². The molecule has 0 spiro atoms. The van der Waals surface area contributed by atoms with E-state index in [9.17, 15) is 9.18 Å². The van der Waals surface area contributed by atoms with Gasteiger partial charge in [0.05, 0.1) is 5.69 Å². The Hall–Kier alpha value is -3.48. The topological polar surface area (TPSA) is 67.3 Å². The minimum Gasteiger partial charge on any atom is -0.484 e. The number of carbonyl (C=O) groups excluding carboxylic acids is 1. The SMILES string of the molecule is O=C(COc1ccc(F)cc1)Nc1cccc(-c2ccc(N3CCCC3)nn2)c1. The van der Waals surface area contributed by atoms with E-state index in [0.29, 0.717) is 11.4 Å². The van der Waals surface area contributed by atoms with Gasteiger partial charge in [0.25, 0.3) is 5.91 Å². The van der Waals surface area contributed by atoms with Gasteiger partial charge in [-0.15, -0.1) is 10.2 Å². The molecule has 0 radical (unpaired) electrons. The summed E-state index contributed by atoms with van der Waals surface area (Å²) in [4.78, 5) is 14.4. The zero-order valence-corrected chi connectivity index (χ0v) is 15.8. The Morgan fingerprint density at radius 3 is 2.55 bits per heavy atom. The largest absolute Gasteiger partial charge is 0.484 e. The van der Waals surface area contributed by atoms with Gasteiger partial charge in [-0.3, -0.25) is 4.79 Å². The molecule has 1 aliphatic heterocycles. The predicted octanol–water partition coefficient (Wildman–Crippen LogP) is 3.90. The average molecular weight is 392 g/mol. The van der Waals surface area contributed by atoms with Gasteiger partial charge in [0.1, 0.15) is 11.6 Å². The Bertz CT molecular complexity index is 971. The van der Waals surface area contributed by atoms with E-state index in [0.717, 1.165) is 30.2 Å². The summed E-state index contributed by atoms with van der Waals surface area (Å²) in [6.07, 6.45) is 2.38. The van der Waals surface area contributed by atoms with Gasteiger partial charge in [0.15, 0.2) is 12.4 Å². The van der Waals surface area contributed by atoms with Crippen LogP contribution in [0.3, 0.4) is 0 Å². The van der Waals surface area contributed by atoms with Gasteiger partial charge in [-0.1, -0.05) is 12.1 Å². The van der Waals surface area contributed by atoms with Crippen LogP contribution >= 0.6 is 0 Å². The van der Waals surface area contributed by atoms with Gasteiger partial charge < -0.3 is 15.0 Å². The number of hydrogen-bond donors (Lipinski definition) is 1. The third kappa shape index (κ3) is 4.87. The highest BCUT2D eigenvalue weighted by Gasteiger charge is 2.14. The molecule has 148 valence electrons. The Kier molecular flexibility index (Phi) is 5.65. The van der Waals surface area contributed by atoms with Crippen molar-refractivity contribution in [3.05, 3.63) is 66.5 Å². The van der Waals surface area contributed by atoms with Crippen LogP contribution in [-0.4, -0.2) is 35.8 Å². The lowest BCUT2D eigenvalue weighted by Crippen LogP contribution is -2.20. The first-order valence-electron chi connectivity index (χ1n) is 9.55. The standard InChI is InChI=1S/C22H21FN4O2/c23-17-6-8-19(9-7-17)29-15-22(28)24-18-5-3-4-16(14-18)20-10-11-21(26-25-20)27-12-1-2-13-27/h3-11,14H,1-2,12-13,15H2,(H,24,28). The van der Waals surface area contributed by atoms with E-state index in [1.54, 1.807) is 6.07 Å². The maximum absolute atomic E-state index is 12.9. The van der Waals surface area contributed by atoms with Crippen LogP contribution in [-0.2, 0) is 4.79 Å². The van der Waals surface area contributed by atoms with Crippen molar-refractivity contribution in [1.29, 1.82) is 0 Å². The highest BCUT2D eigenvalue weighted by molar-refractivity contribution is 5.92. The molecule has 1 aromatic heterocycles. The number of amides is 1. The first kappa shape index (κ1) is 18.9. The molecule has 6 nitrogen and oxygen atoms in total. The van der Waals surface area contributed by atoms with Crippen molar-refractivity contribution in [2.45, 2.75) is 12.8 Å². The molecule has 1 amide bonds. The molecule has 1 fully saturated rings. The molecule has 0 atom stereocenters. The van der Waals surface area contributed by atoms with E-state index in [1.165, 1.54) is 37.1 Å². The summed E-state index contributed by atoms with van der Waals surface area (Å²) in [5.41, 5.74) is 2.25. The average Bonchev–Trinajstić information content (AvgIpc) is 3.29. The molecule has 29 heavy (non-hydrogen) atoms. The predicted molar refractivity (Wildman–Crippen MR) is 109 cm³/mol. The molecule has 0 saturated carbocycles. The molecule has 4 rings (SSSR count). The molecule has 0 unspecified atom stereocenters. The molecule has 0 aliphatic carbocycles. The quantitative estimate of drug-likeness (QED) is 0.689. The third-order valence-electron chi connectivity index (χ3n) is 4.71. The number of anilines is 2. The number of carbonyl (C=O) groups is 1. The summed E-state index contributed by atoms with van der Waals surface area (Å²) in [7, 11) is 0. The highest BCUT2D eigenvalue weighted by Crippen LogP contribution is 2.23. The van der Waals surface area contributed by atoms with E-state index in [1.807, 2.05) is 30.3 Å². The molecular weight excluding hydrogens is 371 g/mol. The summed E-state index contributed by atoms with van der Waals surface area (Å²) in [5.74, 6) is 0.675. The number of nitrogens with zero attached hydrogens (tertiary/aromatic N) is 3. The maximum atomic E-state index is 12.9. The van der Waals surface area contributed by atoms with Gasteiger partial charge in [-0.05, 0) is 61.4 Å². The zero-order chi connectivity index (χ0) is 20.1. The van der Waals surface area contributed by atoms with Crippen LogP contribution in [0.4, 0.5) is 15.9 Å². The van der Waals surface area contributed by atoms with Gasteiger partial charge in [-0.2, -0.15) is 0 Å². The van der Waals surface area contributed by atoms with Gasteiger partial charge in [-0.25, -0.2) is 4.39 Å². The van der Waals surface area contributed by atoms with E-state index in [-0.39, 0.29) is 18.3 Å². The van der Waals surface area contributed by atoms with Gasteiger partial charge >= 0.3 is 0 Å². The Balaban J connectivity index is 1.37. The summed E-state index contributed by atoms with van der Waals surface area (Å²) in [6, 6.07) is 16.9. The monoisotopic (exact) mass is 392 g/mol. The van der Waals surface area contributed by atoms with Crippen molar-refractivity contribution in [2.24, 2.45) is 0 Å². The zero-order valence-electron chi connectivity index (χ0n) is 15.8. The lowest BCUT2D eigenvalue weighted by molar-refractivity contribution is -0.118. The fraction of sp³-hybridized carbons (Fsp3) is 0.227. The minimum absolute atomic E-state index is 0.166. The van der Waals surface area contributed by atoms with Crippen molar-refractivity contribution in [3.63, 3.8) is 0 Å². The smallest absolute Gasteiger partial charge is 0.262 e. The summed E-state index contributed by atoms with van der Waals surface area (Å²) < 4.78 is 18.3. The number of rotatable bonds is 6. The normalized spacial score (nSPS) is 13.3. The molecule has 1 N–H and O–H groups in total. The fourth-order valence-corrected chi connectivity index (χ4v) is 3.23. The second-order valence-electron chi connectivity index (χ2n) is 6.84. The maximum Gasteiger partial charge on any atom is 0.262 e. The number of ether oxygens (including phenoxy) is 1. The molecule has 1 saturated heterocycles. The van der Waals surface area contributed by atoms with Crippen LogP contribution in [0.5, 0.6) is 5.75 Å². The van der Waals surface area contributed by atoms with Crippen LogP contribution in [0.15, 0.2) is 60.7 Å². The highest BCUT2D eigenvalue weighted by atomic mass is 19.1. The number of nitrogens with one attached hydrogen (secondary N) is 1. The molecule has 2 aromatic carbocycles. The molecule has 2 heterocycles. The molecular formula is C22H21FN4O2. The van der Waals surface area contributed by atoms with Crippen molar-refractivity contribution < 1.29 is 13.9 Å². The molecule has 0 bridgehead atoms. The Morgan fingerprint density at radius 1 is 1.03 bits per heavy atom. The molecule has 7 heteroatoms. The van der Waals surface area contributed by atoms with Crippen molar-refractivity contribution in [2.75, 3.05) is 29.9 Å². The Labute approximate surface area is 168 Å². The van der Waals surface area contributed by atoms with E-state index < -0.39 is 0 Å². The summed E-state index contributed by atoms with van der Waals surface area (Å²) in [5, 5.41) is 11.5. The fourth-order valence-electron chi connectivity index (χ4n) is 3.23. The minimum atomic E-state index is -0.352. The van der Waals surface area contributed by atoms with Crippen LogP contribution in [0.2, 0.25) is 0 Å². The number of hydrogen-bond acceptors (Lipinski definition) is 5. The second kappa shape index (κ2) is 8.68. The first-order valence-corrected chi connectivity index (χ1v) is 9.55. The number of halogens is 1. The van der Waals surface area contributed by atoms with Crippen molar-refractivity contribution >= 4 is 17.4 Å². The second-order valence-corrected chi connectivity index (χ2v) is 6.84. The number of aromatic nitrogens is 2. The third-order valence-corrected chi connectivity index (χ3v) is 4.71. The van der Waals surface area contributed by atoms with E-state index >= 15 is 0 Å². The van der Waals surface area contributed by atoms with Gasteiger partial charge in [0.2, 0.25) is 0 Å². The summed E-state index contributed by atoms with van der Waals surface area (Å²) in [6.45, 7) is 1.88. The lowest BCUT2D eigenvalue weighted by Gasteiger charge is -2.15. The Morgan fingerprint density at radius 2 is 1.83 bits per heavy atom. The molecule has 3 aromatic rings. The van der Waals surface area contributed by atoms with Crippen LogP contribution in [0, 0.1) is 5.82 Å².